The van der Waals surface area contributed by atoms with Crippen LogP contribution in [0.1, 0.15) is 47.1 Å². The maximum atomic E-state index is 12.1. The molecule has 1 aromatic rings. The molecule has 5 nitrogen and oxygen atoms in total. The van der Waals surface area contributed by atoms with Crippen LogP contribution < -0.4 is 10.1 Å². The summed E-state index contributed by atoms with van der Waals surface area (Å²) in [6.45, 7) is 11.2. The van der Waals surface area contributed by atoms with Gasteiger partial charge in [0.2, 0.25) is 0 Å². The second-order valence-electron chi connectivity index (χ2n) is 6.96. The monoisotopic (exact) mass is 321 g/mol. The maximum Gasteiger partial charge on any atom is 0.308 e. The van der Waals surface area contributed by atoms with Gasteiger partial charge in [0.25, 0.3) is 5.91 Å². The van der Waals surface area contributed by atoms with Crippen molar-refractivity contribution in [1.82, 2.24) is 5.32 Å². The lowest BCUT2D eigenvalue weighted by molar-refractivity contribution is -0.142. The van der Waals surface area contributed by atoms with Gasteiger partial charge in [-0.1, -0.05) is 32.9 Å². The molecule has 0 aliphatic heterocycles. The van der Waals surface area contributed by atoms with Crippen molar-refractivity contribution in [3.63, 3.8) is 0 Å². The third-order valence-corrected chi connectivity index (χ3v) is 3.89. The highest BCUT2D eigenvalue weighted by molar-refractivity contribution is 5.82. The Kier molecular flexibility index (Phi) is 6.19. The lowest BCUT2D eigenvalue weighted by atomic mass is 9.87. The van der Waals surface area contributed by atoms with Crippen molar-refractivity contribution in [2.75, 3.05) is 0 Å². The number of hydrogen-bond donors (Lipinski definition) is 2. The average Bonchev–Trinajstić information content (AvgIpc) is 2.45. The number of carboxylic acids is 1. The molecule has 0 bridgehead atoms. The van der Waals surface area contributed by atoms with Crippen LogP contribution in [0, 0.1) is 5.92 Å². The second-order valence-corrected chi connectivity index (χ2v) is 6.96. The molecule has 0 aliphatic carbocycles. The first-order valence-corrected chi connectivity index (χ1v) is 7.82. The molecule has 2 N–H and O–H groups in total. The van der Waals surface area contributed by atoms with E-state index in [1.54, 1.807) is 20.8 Å². The molecule has 3 unspecified atom stereocenters. The fourth-order valence-electron chi connectivity index (χ4n) is 1.97. The molecule has 0 aliphatic rings. The van der Waals surface area contributed by atoms with Gasteiger partial charge in [-0.15, -0.1) is 0 Å². The number of amides is 1. The normalized spacial score (nSPS) is 15.4. The largest absolute Gasteiger partial charge is 0.481 e. The van der Waals surface area contributed by atoms with Crippen molar-refractivity contribution < 1.29 is 19.4 Å². The minimum atomic E-state index is -0.941. The van der Waals surface area contributed by atoms with Crippen LogP contribution in [0.3, 0.4) is 0 Å². The van der Waals surface area contributed by atoms with Crippen LogP contribution in [-0.2, 0) is 15.0 Å². The van der Waals surface area contributed by atoms with Crippen LogP contribution in [-0.4, -0.2) is 29.1 Å². The fraction of sp³-hybridized carbons (Fsp3) is 0.556. The van der Waals surface area contributed by atoms with Gasteiger partial charge >= 0.3 is 5.97 Å². The number of carboxylic acid groups (broad SMARTS) is 1. The molecule has 0 fully saturated rings. The molecule has 0 saturated carbocycles. The van der Waals surface area contributed by atoms with E-state index >= 15 is 0 Å². The fourth-order valence-corrected chi connectivity index (χ4v) is 1.97. The first-order chi connectivity index (χ1) is 10.5. The summed E-state index contributed by atoms with van der Waals surface area (Å²) in [4.78, 5) is 23.1. The first-order valence-electron chi connectivity index (χ1n) is 7.82. The maximum absolute atomic E-state index is 12.1. The van der Waals surface area contributed by atoms with Crippen molar-refractivity contribution in [2.45, 2.75) is 59.1 Å². The van der Waals surface area contributed by atoms with Gasteiger partial charge in [0.1, 0.15) is 5.75 Å². The van der Waals surface area contributed by atoms with Crippen LogP contribution >= 0.6 is 0 Å². The molecule has 23 heavy (non-hydrogen) atoms. The van der Waals surface area contributed by atoms with Gasteiger partial charge in [-0.3, -0.25) is 9.59 Å². The van der Waals surface area contributed by atoms with E-state index in [2.05, 4.69) is 26.1 Å². The van der Waals surface area contributed by atoms with Crippen LogP contribution in [0.25, 0.3) is 0 Å². The molecule has 0 radical (unpaired) electrons. The van der Waals surface area contributed by atoms with Gasteiger partial charge in [-0.25, -0.2) is 0 Å². The van der Waals surface area contributed by atoms with Crippen LogP contribution in [0.15, 0.2) is 24.3 Å². The van der Waals surface area contributed by atoms with Crippen molar-refractivity contribution in [2.24, 2.45) is 5.92 Å². The highest BCUT2D eigenvalue weighted by Gasteiger charge is 2.24. The first kappa shape index (κ1) is 19.0. The number of aliphatic carboxylic acids is 1. The summed E-state index contributed by atoms with van der Waals surface area (Å²) in [7, 11) is 0. The summed E-state index contributed by atoms with van der Waals surface area (Å²) in [5.74, 6) is -1.30. The van der Waals surface area contributed by atoms with E-state index in [0.717, 1.165) is 5.56 Å². The number of nitrogens with one attached hydrogen (secondary N) is 1. The van der Waals surface area contributed by atoms with E-state index in [9.17, 15) is 9.59 Å². The minimum absolute atomic E-state index is 0.00367. The van der Waals surface area contributed by atoms with Crippen LogP contribution in [0.4, 0.5) is 0 Å². The predicted molar refractivity (Wildman–Crippen MR) is 89.6 cm³/mol. The molecule has 5 heteroatoms. The Bertz CT molecular complexity index is 562. The van der Waals surface area contributed by atoms with E-state index in [1.165, 1.54) is 0 Å². The molecular weight excluding hydrogens is 294 g/mol. The zero-order valence-corrected chi connectivity index (χ0v) is 14.7. The molecule has 0 aromatic heterocycles. The van der Waals surface area contributed by atoms with E-state index in [4.69, 9.17) is 9.84 Å². The number of carbonyl (C=O) groups excluding carboxylic acids is 1. The number of hydrogen-bond acceptors (Lipinski definition) is 3. The van der Waals surface area contributed by atoms with Gasteiger partial charge in [-0.2, -0.15) is 0 Å². The second kappa shape index (κ2) is 7.49. The Hall–Kier alpha value is -2.04. The van der Waals surface area contributed by atoms with Crippen LogP contribution in [0.2, 0.25) is 0 Å². The topological polar surface area (TPSA) is 75.6 Å². The predicted octanol–water partition coefficient (Wildman–Crippen LogP) is 2.98. The summed E-state index contributed by atoms with van der Waals surface area (Å²) < 4.78 is 5.69. The average molecular weight is 321 g/mol. The van der Waals surface area contributed by atoms with Gasteiger partial charge in [0, 0.05) is 6.04 Å². The Morgan fingerprint density at radius 1 is 1.17 bits per heavy atom. The van der Waals surface area contributed by atoms with Gasteiger partial charge in [0.05, 0.1) is 5.92 Å². The smallest absolute Gasteiger partial charge is 0.308 e. The van der Waals surface area contributed by atoms with Crippen molar-refractivity contribution in [1.29, 1.82) is 0 Å². The van der Waals surface area contributed by atoms with Gasteiger partial charge in [-0.05, 0) is 43.9 Å². The number of carbonyl (C=O) groups is 2. The summed E-state index contributed by atoms with van der Waals surface area (Å²) in [5.41, 5.74) is 1.12. The molecule has 3 atom stereocenters. The Labute approximate surface area is 138 Å². The third kappa shape index (κ3) is 5.58. The summed E-state index contributed by atoms with van der Waals surface area (Å²) in [5, 5.41) is 11.6. The highest BCUT2D eigenvalue weighted by Crippen LogP contribution is 2.26. The zero-order chi connectivity index (χ0) is 17.8. The molecule has 1 rings (SSSR count). The van der Waals surface area contributed by atoms with Gasteiger partial charge in [0.15, 0.2) is 6.10 Å². The molecule has 0 spiro atoms. The van der Waals surface area contributed by atoms with E-state index in [-0.39, 0.29) is 11.3 Å². The molecule has 0 heterocycles. The van der Waals surface area contributed by atoms with Crippen molar-refractivity contribution >= 4 is 11.9 Å². The van der Waals surface area contributed by atoms with E-state index in [1.807, 2.05) is 24.3 Å². The summed E-state index contributed by atoms with van der Waals surface area (Å²) in [6, 6.07) is 7.19. The standard InChI is InChI=1S/C18H27NO4/c1-11(17(21)22)12(2)19-16(20)13(3)23-15-9-7-8-14(10-15)18(4,5)6/h7-13H,1-6H3,(H,19,20)(H,21,22). The van der Waals surface area contributed by atoms with Crippen molar-refractivity contribution in [3.05, 3.63) is 29.8 Å². The zero-order valence-electron chi connectivity index (χ0n) is 14.7. The lowest BCUT2D eigenvalue weighted by Gasteiger charge is -2.23. The molecular formula is C18H27NO4. The van der Waals surface area contributed by atoms with Gasteiger partial charge < -0.3 is 15.2 Å². The van der Waals surface area contributed by atoms with E-state index in [0.29, 0.717) is 5.75 Å². The summed E-state index contributed by atoms with van der Waals surface area (Å²) in [6.07, 6.45) is -0.700. The molecule has 1 amide bonds. The molecule has 0 saturated heterocycles. The minimum Gasteiger partial charge on any atom is -0.481 e. The Morgan fingerprint density at radius 3 is 2.30 bits per heavy atom. The Morgan fingerprint density at radius 2 is 1.78 bits per heavy atom. The quantitative estimate of drug-likeness (QED) is 0.844. The lowest BCUT2D eigenvalue weighted by Crippen LogP contribution is -2.45. The number of benzene rings is 1. The van der Waals surface area contributed by atoms with Crippen LogP contribution in [0.5, 0.6) is 5.75 Å². The van der Waals surface area contributed by atoms with Crippen molar-refractivity contribution in [3.8, 4) is 5.75 Å². The third-order valence-electron chi connectivity index (χ3n) is 3.89. The number of ether oxygens (including phenoxy) is 1. The molecule has 1 aromatic carbocycles. The molecule has 128 valence electrons. The summed E-state index contributed by atoms with van der Waals surface area (Å²) >= 11 is 0. The van der Waals surface area contributed by atoms with E-state index < -0.39 is 24.0 Å². The SMILES string of the molecule is CC(Oc1cccc(C(C)(C)C)c1)C(=O)NC(C)C(C)C(=O)O. The number of rotatable bonds is 6. The highest BCUT2D eigenvalue weighted by atomic mass is 16.5. The Balaban J connectivity index is 2.70.